The summed E-state index contributed by atoms with van der Waals surface area (Å²) < 4.78 is 11.2. The summed E-state index contributed by atoms with van der Waals surface area (Å²) in [6, 6.07) is 15.6. The Hall–Kier alpha value is -2.00. The number of nitrogens with two attached hydrogens (primary N) is 1. The third-order valence-electron chi connectivity index (χ3n) is 2.80. The summed E-state index contributed by atoms with van der Waals surface area (Å²) in [5.74, 6) is 2.25. The van der Waals surface area contributed by atoms with Gasteiger partial charge in [-0.1, -0.05) is 30.3 Å². The van der Waals surface area contributed by atoms with E-state index in [9.17, 15) is 0 Å². The summed E-state index contributed by atoms with van der Waals surface area (Å²) in [6.07, 6.45) is 0.783. The highest BCUT2D eigenvalue weighted by atomic mass is 16.5. The second-order valence-electron chi connectivity index (χ2n) is 4.54. The molecule has 0 aromatic heterocycles. The minimum atomic E-state index is 0.0995. The minimum absolute atomic E-state index is 0.0995. The predicted molar refractivity (Wildman–Crippen MR) is 76.9 cm³/mol. The van der Waals surface area contributed by atoms with Crippen LogP contribution in [-0.2, 0) is 6.42 Å². The number of hydrogen-bond acceptors (Lipinski definition) is 3. The Bertz CT molecular complexity index is 538. The fourth-order valence-corrected chi connectivity index (χ4v) is 1.94. The zero-order chi connectivity index (χ0) is 13.7. The van der Waals surface area contributed by atoms with Crippen LogP contribution < -0.4 is 15.2 Å². The lowest BCUT2D eigenvalue weighted by atomic mass is 10.1. The van der Waals surface area contributed by atoms with Gasteiger partial charge >= 0.3 is 0 Å². The first-order chi connectivity index (χ1) is 9.20. The lowest BCUT2D eigenvalue weighted by molar-refractivity contribution is 0.377. The molecule has 2 aromatic carbocycles. The van der Waals surface area contributed by atoms with Gasteiger partial charge in [-0.05, 0) is 37.1 Å². The number of ether oxygens (including phenoxy) is 2. The first kappa shape index (κ1) is 13.4. The second-order valence-corrected chi connectivity index (χ2v) is 4.54. The zero-order valence-electron chi connectivity index (χ0n) is 11.3. The zero-order valence-corrected chi connectivity index (χ0v) is 11.3. The monoisotopic (exact) mass is 257 g/mol. The number of rotatable bonds is 5. The average Bonchev–Trinajstić information content (AvgIpc) is 2.41. The Morgan fingerprint density at radius 1 is 0.947 bits per heavy atom. The summed E-state index contributed by atoms with van der Waals surface area (Å²) >= 11 is 0. The molecule has 2 N–H and O–H groups in total. The summed E-state index contributed by atoms with van der Waals surface area (Å²) in [5.41, 5.74) is 6.96. The molecule has 0 spiro atoms. The Morgan fingerprint density at radius 2 is 1.53 bits per heavy atom. The molecule has 0 radical (unpaired) electrons. The summed E-state index contributed by atoms with van der Waals surface area (Å²) in [6.45, 7) is 1.99. The van der Waals surface area contributed by atoms with Crippen LogP contribution in [0.4, 0.5) is 0 Å². The highest BCUT2D eigenvalue weighted by Gasteiger charge is 2.09. The van der Waals surface area contributed by atoms with Gasteiger partial charge in [0.05, 0.1) is 7.11 Å². The van der Waals surface area contributed by atoms with Gasteiger partial charge in [0.25, 0.3) is 0 Å². The third kappa shape index (κ3) is 3.48. The molecule has 0 aliphatic heterocycles. The second kappa shape index (κ2) is 6.25. The van der Waals surface area contributed by atoms with E-state index in [-0.39, 0.29) is 6.04 Å². The Balaban J connectivity index is 2.27. The van der Waals surface area contributed by atoms with Crippen LogP contribution in [0.25, 0.3) is 0 Å². The molecule has 0 heterocycles. The van der Waals surface area contributed by atoms with Gasteiger partial charge in [0.2, 0.25) is 0 Å². The van der Waals surface area contributed by atoms with E-state index in [4.69, 9.17) is 15.2 Å². The molecule has 0 aliphatic rings. The van der Waals surface area contributed by atoms with Crippen molar-refractivity contribution in [3.05, 3.63) is 54.1 Å². The van der Waals surface area contributed by atoms with Crippen molar-refractivity contribution in [2.75, 3.05) is 7.11 Å². The lowest BCUT2D eigenvalue weighted by Gasteiger charge is -2.14. The van der Waals surface area contributed by atoms with E-state index in [1.54, 1.807) is 7.11 Å². The van der Waals surface area contributed by atoms with Crippen molar-refractivity contribution in [3.8, 4) is 17.2 Å². The van der Waals surface area contributed by atoms with E-state index in [1.807, 2.05) is 55.5 Å². The molecule has 3 heteroatoms. The Kier molecular flexibility index (Phi) is 4.42. The fraction of sp³-hybridized carbons (Fsp3) is 0.250. The van der Waals surface area contributed by atoms with Crippen LogP contribution in [0.15, 0.2) is 48.5 Å². The van der Waals surface area contributed by atoms with Gasteiger partial charge in [0.1, 0.15) is 5.75 Å². The van der Waals surface area contributed by atoms with Crippen molar-refractivity contribution in [2.45, 2.75) is 19.4 Å². The van der Waals surface area contributed by atoms with E-state index >= 15 is 0 Å². The summed E-state index contributed by atoms with van der Waals surface area (Å²) in [4.78, 5) is 0. The van der Waals surface area contributed by atoms with Crippen LogP contribution in [0.1, 0.15) is 12.5 Å². The molecule has 0 fully saturated rings. The predicted octanol–water partition coefficient (Wildman–Crippen LogP) is 3.38. The van der Waals surface area contributed by atoms with Crippen molar-refractivity contribution >= 4 is 0 Å². The summed E-state index contributed by atoms with van der Waals surface area (Å²) in [7, 11) is 1.63. The first-order valence-corrected chi connectivity index (χ1v) is 6.35. The first-order valence-electron chi connectivity index (χ1n) is 6.35. The molecule has 0 bridgehead atoms. The van der Waals surface area contributed by atoms with E-state index in [0.29, 0.717) is 5.75 Å². The molecule has 3 nitrogen and oxygen atoms in total. The third-order valence-corrected chi connectivity index (χ3v) is 2.80. The highest BCUT2D eigenvalue weighted by molar-refractivity contribution is 5.44. The molecule has 2 rings (SSSR count). The van der Waals surface area contributed by atoms with Crippen LogP contribution in [0.5, 0.6) is 17.2 Å². The minimum Gasteiger partial charge on any atom is -0.493 e. The quantitative estimate of drug-likeness (QED) is 0.893. The van der Waals surface area contributed by atoms with Crippen LogP contribution in [0, 0.1) is 0 Å². The normalized spacial score (nSPS) is 11.9. The van der Waals surface area contributed by atoms with Crippen LogP contribution >= 0.6 is 0 Å². The van der Waals surface area contributed by atoms with Gasteiger partial charge < -0.3 is 15.2 Å². The van der Waals surface area contributed by atoms with Crippen molar-refractivity contribution in [1.29, 1.82) is 0 Å². The molecule has 1 unspecified atom stereocenters. The van der Waals surface area contributed by atoms with Gasteiger partial charge in [0, 0.05) is 6.04 Å². The topological polar surface area (TPSA) is 44.5 Å². The fourth-order valence-electron chi connectivity index (χ4n) is 1.94. The number of methoxy groups -OCH3 is 1. The van der Waals surface area contributed by atoms with Gasteiger partial charge in [-0.15, -0.1) is 0 Å². The summed E-state index contributed by atoms with van der Waals surface area (Å²) in [5, 5.41) is 0. The maximum Gasteiger partial charge on any atom is 0.169 e. The number of para-hydroxylation sites is 3. The van der Waals surface area contributed by atoms with Crippen LogP contribution in [0.2, 0.25) is 0 Å². The van der Waals surface area contributed by atoms with Crippen LogP contribution in [0.3, 0.4) is 0 Å². The van der Waals surface area contributed by atoms with Crippen molar-refractivity contribution in [1.82, 2.24) is 0 Å². The van der Waals surface area contributed by atoms with E-state index in [1.165, 1.54) is 0 Å². The Labute approximate surface area is 114 Å². The smallest absolute Gasteiger partial charge is 0.169 e. The number of hydrogen-bond donors (Lipinski definition) is 1. The molecule has 1 atom stereocenters. The van der Waals surface area contributed by atoms with E-state index in [0.717, 1.165) is 23.5 Å². The van der Waals surface area contributed by atoms with Crippen molar-refractivity contribution < 1.29 is 9.47 Å². The number of benzene rings is 2. The highest BCUT2D eigenvalue weighted by Crippen LogP contribution is 2.32. The van der Waals surface area contributed by atoms with Gasteiger partial charge in [0.15, 0.2) is 11.5 Å². The van der Waals surface area contributed by atoms with Gasteiger partial charge in [-0.25, -0.2) is 0 Å². The maximum absolute atomic E-state index is 5.95. The van der Waals surface area contributed by atoms with E-state index in [2.05, 4.69) is 0 Å². The standard InChI is InChI=1S/C16H19NO2/c1-12(17)11-13-7-3-4-8-14(13)19-16-10-6-5-9-15(16)18-2/h3-10,12H,11,17H2,1-2H3. The molecule has 0 saturated carbocycles. The molecular weight excluding hydrogens is 238 g/mol. The molecule has 0 saturated heterocycles. The van der Waals surface area contributed by atoms with Crippen molar-refractivity contribution in [2.24, 2.45) is 5.73 Å². The van der Waals surface area contributed by atoms with Gasteiger partial charge in [-0.2, -0.15) is 0 Å². The lowest BCUT2D eigenvalue weighted by Crippen LogP contribution is -2.18. The molecule has 19 heavy (non-hydrogen) atoms. The average molecular weight is 257 g/mol. The van der Waals surface area contributed by atoms with Gasteiger partial charge in [-0.3, -0.25) is 0 Å². The molecule has 0 amide bonds. The van der Waals surface area contributed by atoms with Crippen LogP contribution in [-0.4, -0.2) is 13.2 Å². The SMILES string of the molecule is COc1ccccc1Oc1ccccc1CC(C)N. The molecule has 0 aliphatic carbocycles. The molecule has 100 valence electrons. The largest absolute Gasteiger partial charge is 0.493 e. The van der Waals surface area contributed by atoms with Crippen molar-refractivity contribution in [3.63, 3.8) is 0 Å². The molecular formula is C16H19NO2. The molecule has 2 aromatic rings. The Morgan fingerprint density at radius 3 is 2.16 bits per heavy atom. The maximum atomic E-state index is 5.95. The van der Waals surface area contributed by atoms with E-state index < -0.39 is 0 Å².